The van der Waals surface area contributed by atoms with Gasteiger partial charge in [-0.2, -0.15) is 0 Å². The minimum atomic E-state index is -3.70. The van der Waals surface area contributed by atoms with Gasteiger partial charge >= 0.3 is 11.5 Å². The summed E-state index contributed by atoms with van der Waals surface area (Å²) < 4.78 is 42.8. The molecule has 0 atom stereocenters. The number of fused-ring (bicyclic) bond motifs is 2. The van der Waals surface area contributed by atoms with E-state index in [1.165, 1.54) is 13.8 Å². The Kier molecular flexibility index (Phi) is 11.7. The minimum absolute atomic E-state index is 0. The molecule has 1 N–H and O–H groups in total. The molecule has 4 heterocycles. The molecule has 2 aromatic carbocycles. The second kappa shape index (κ2) is 14.5. The number of nitrogens with zero attached hydrogens (tertiary/aromatic N) is 3. The third-order valence-electron chi connectivity index (χ3n) is 5.61. The molecule has 6 rings (SSSR count). The molecule has 0 aliphatic carbocycles. The summed E-state index contributed by atoms with van der Waals surface area (Å²) >= 11 is 0. The third kappa shape index (κ3) is 7.89. The Balaban J connectivity index is 0.000000223. The molecule has 0 unspecified atom stereocenters. The lowest BCUT2D eigenvalue weighted by Gasteiger charge is -2.01. The summed E-state index contributed by atoms with van der Waals surface area (Å²) in [6, 6.07) is 14.5. The fraction of sp³-hybridized carbons (Fsp3) is 0.286. The maximum atomic E-state index is 11.8. The van der Waals surface area contributed by atoms with Crippen LogP contribution in [0.2, 0.25) is 0 Å². The first-order chi connectivity index (χ1) is 19.5. The van der Waals surface area contributed by atoms with E-state index >= 15 is 0 Å². The molecule has 0 radical (unpaired) electrons. The Morgan fingerprint density at radius 2 is 1.40 bits per heavy atom. The predicted molar refractivity (Wildman–Crippen MR) is 159 cm³/mol. The highest BCUT2D eigenvalue weighted by Crippen LogP contribution is 2.22. The highest BCUT2D eigenvalue weighted by Gasteiger charge is 2.21. The van der Waals surface area contributed by atoms with E-state index in [0.29, 0.717) is 17.7 Å². The average molecular weight is 621 g/mol. The number of hydrogen-bond acceptors (Lipinski definition) is 10. The van der Waals surface area contributed by atoms with Crippen molar-refractivity contribution in [2.24, 2.45) is 0 Å². The molecule has 0 bridgehead atoms. The first-order valence-electron chi connectivity index (χ1n) is 12.4. The van der Waals surface area contributed by atoms with Crippen molar-refractivity contribution in [3.63, 3.8) is 0 Å². The first kappa shape index (κ1) is 33.8. The van der Waals surface area contributed by atoms with Crippen LogP contribution in [0.4, 0.5) is 0 Å². The number of halogens is 1. The van der Waals surface area contributed by atoms with Gasteiger partial charge in [-0.15, -0.1) is 0 Å². The lowest BCUT2D eigenvalue weighted by atomic mass is 10.2. The molecule has 226 valence electrons. The van der Waals surface area contributed by atoms with Crippen LogP contribution in [0.25, 0.3) is 22.2 Å². The number of oxazole rings is 2. The Morgan fingerprint density at radius 1 is 0.833 bits per heavy atom. The van der Waals surface area contributed by atoms with Crippen LogP contribution in [0, 0.1) is 27.7 Å². The number of aromatic nitrogens is 4. The monoisotopic (exact) mass is 620 g/mol. The molecule has 0 aliphatic rings. The fourth-order valence-electron chi connectivity index (χ4n) is 3.77. The number of benzene rings is 2. The molecule has 6 aromatic rings. The number of hydrogen-bond donors (Lipinski definition) is 1. The Labute approximate surface area is 246 Å². The molecular weight excluding hydrogens is 588 g/mol. The number of para-hydroxylation sites is 4. The maximum absolute atomic E-state index is 11.8. The first-order valence-corrected chi connectivity index (χ1v) is 14.7. The summed E-state index contributed by atoms with van der Waals surface area (Å²) in [5.74, 6) is 0.180. The lowest BCUT2D eigenvalue weighted by molar-refractivity contribution is 0.390. The van der Waals surface area contributed by atoms with Crippen LogP contribution >= 0.6 is 10.7 Å². The molecule has 4 aromatic heterocycles. The molecule has 42 heavy (non-hydrogen) atoms. The van der Waals surface area contributed by atoms with Crippen LogP contribution in [0.3, 0.4) is 0 Å². The Morgan fingerprint density at radius 3 is 1.93 bits per heavy atom. The molecule has 14 heteroatoms. The van der Waals surface area contributed by atoms with E-state index in [4.69, 9.17) is 24.0 Å². The summed E-state index contributed by atoms with van der Waals surface area (Å²) in [6.45, 7) is 11.1. The second-order valence-corrected chi connectivity index (χ2v) is 10.8. The van der Waals surface area contributed by atoms with E-state index in [1.54, 1.807) is 22.8 Å². The number of aryl methyl sites for hydroxylation is 4. The van der Waals surface area contributed by atoms with E-state index in [1.807, 2.05) is 58.0 Å². The molecule has 0 spiro atoms. The van der Waals surface area contributed by atoms with E-state index < -0.39 is 14.8 Å². The minimum Gasteiger partial charge on any atom is -0.408 e. The zero-order valence-electron chi connectivity index (χ0n) is 23.2. The van der Waals surface area contributed by atoms with Gasteiger partial charge in [-0.25, -0.2) is 18.0 Å². The van der Waals surface area contributed by atoms with Gasteiger partial charge in [-0.1, -0.05) is 55.9 Å². The van der Waals surface area contributed by atoms with Gasteiger partial charge in [0, 0.05) is 16.2 Å². The predicted octanol–water partition coefficient (Wildman–Crippen LogP) is 6.25. The zero-order chi connectivity index (χ0) is 30.3. The summed E-state index contributed by atoms with van der Waals surface area (Å²) in [5, 5.41) is 7.33. The van der Waals surface area contributed by atoms with Gasteiger partial charge in [0.1, 0.15) is 16.3 Å². The van der Waals surface area contributed by atoms with Crippen molar-refractivity contribution in [3.8, 4) is 0 Å². The number of rotatable bonds is 3. The summed E-state index contributed by atoms with van der Waals surface area (Å²) in [6.07, 6.45) is 0. The smallest absolute Gasteiger partial charge is 0.408 e. The van der Waals surface area contributed by atoms with E-state index in [9.17, 15) is 18.0 Å². The lowest BCUT2D eigenvalue weighted by Crippen LogP contribution is -2.15. The molecule has 0 saturated heterocycles. The highest BCUT2D eigenvalue weighted by atomic mass is 35.7. The highest BCUT2D eigenvalue weighted by molar-refractivity contribution is 8.13. The number of nitrogens with one attached hydrogen (secondary N) is 1. The van der Waals surface area contributed by atoms with Gasteiger partial charge < -0.3 is 17.9 Å². The van der Waals surface area contributed by atoms with Gasteiger partial charge in [-0.05, 0) is 52.0 Å². The molecule has 0 fully saturated rings. The van der Waals surface area contributed by atoms with Gasteiger partial charge in [0.25, 0.3) is 9.05 Å². The van der Waals surface area contributed by atoms with Gasteiger partial charge in [-0.3, -0.25) is 9.55 Å². The second-order valence-electron chi connectivity index (χ2n) is 8.33. The SMILES string of the molecule is C.CC.Cc1noc(C)c1Cn1c(=O)oc2ccccc21.Cc1noc(C)c1S(=O)(=O)Cl.O=c1[nH]c2ccccc2o1. The van der Waals surface area contributed by atoms with Crippen LogP contribution < -0.4 is 11.5 Å². The van der Waals surface area contributed by atoms with Crippen molar-refractivity contribution < 1.29 is 26.3 Å². The van der Waals surface area contributed by atoms with E-state index in [-0.39, 0.29) is 29.5 Å². The van der Waals surface area contributed by atoms with Gasteiger partial charge in [0.05, 0.1) is 23.3 Å². The van der Waals surface area contributed by atoms with Crippen LogP contribution in [-0.2, 0) is 15.6 Å². The normalized spacial score (nSPS) is 10.5. The summed E-state index contributed by atoms with van der Waals surface area (Å²) in [7, 11) is 1.38. The average Bonchev–Trinajstić information content (AvgIpc) is 3.66. The Hall–Kier alpha value is -4.36. The third-order valence-corrected chi connectivity index (χ3v) is 7.14. The van der Waals surface area contributed by atoms with Crippen molar-refractivity contribution in [1.82, 2.24) is 19.9 Å². The van der Waals surface area contributed by atoms with Crippen LogP contribution in [-0.4, -0.2) is 28.3 Å². The Bertz CT molecular complexity index is 1900. The quantitative estimate of drug-likeness (QED) is 0.223. The number of aromatic amines is 1. The largest absolute Gasteiger partial charge is 0.420 e. The van der Waals surface area contributed by atoms with E-state index in [2.05, 4.69) is 19.8 Å². The summed E-state index contributed by atoms with van der Waals surface area (Å²) in [5.41, 5.74) is 4.72. The molecule has 12 nitrogen and oxygen atoms in total. The molecular formula is C28H33ClN4O8S. The fourth-order valence-corrected chi connectivity index (χ4v) is 5.20. The van der Waals surface area contributed by atoms with Crippen molar-refractivity contribution in [2.45, 2.75) is 60.4 Å². The van der Waals surface area contributed by atoms with Gasteiger partial charge in [0.2, 0.25) is 0 Å². The standard InChI is InChI=1S/C13H12N2O3.C7H5NO2.C5H6ClNO3S.C2H6.CH4/c1-8-10(9(2)18-14-8)7-15-11-5-3-4-6-12(11)17-13(15)16;9-7-8-5-3-1-2-4-6(5)10-7;1-3-5(11(6,8)9)4(2)10-7-3;1-2;/h3-6H,7H2,1-2H3;1-4H,(H,8,9);1-2H3;1-2H3;1H4. The number of H-pyrrole nitrogens is 1. The molecule has 0 saturated carbocycles. The summed E-state index contributed by atoms with van der Waals surface area (Å²) in [4.78, 5) is 24.9. The topological polar surface area (TPSA) is 167 Å². The van der Waals surface area contributed by atoms with Crippen LogP contribution in [0.5, 0.6) is 0 Å². The van der Waals surface area contributed by atoms with Crippen molar-refractivity contribution in [3.05, 3.63) is 98.1 Å². The van der Waals surface area contributed by atoms with E-state index in [0.717, 1.165) is 28.1 Å². The van der Waals surface area contributed by atoms with Gasteiger partial charge in [0.15, 0.2) is 16.9 Å². The van der Waals surface area contributed by atoms with Crippen LogP contribution in [0.1, 0.15) is 49.7 Å². The van der Waals surface area contributed by atoms with Crippen LogP contribution in [0.15, 0.2) is 80.9 Å². The van der Waals surface area contributed by atoms with Crippen molar-refractivity contribution in [2.75, 3.05) is 0 Å². The van der Waals surface area contributed by atoms with Crippen molar-refractivity contribution in [1.29, 1.82) is 0 Å². The maximum Gasteiger partial charge on any atom is 0.420 e. The zero-order valence-corrected chi connectivity index (χ0v) is 24.8. The van der Waals surface area contributed by atoms with Crippen molar-refractivity contribution >= 4 is 41.9 Å². The molecule has 0 aliphatic heterocycles. The molecule has 0 amide bonds.